The SMILES string of the molecule is CP(C)(=O)CCNc1cccc(-c2cnc3c(n2)N(Cc2c(F)ccc(F)c2Cl)CCN3)c1. The van der Waals surface area contributed by atoms with E-state index in [1.165, 1.54) is 0 Å². The van der Waals surface area contributed by atoms with E-state index in [1.807, 2.05) is 29.2 Å². The molecular formula is C23H25ClF2N5OP. The van der Waals surface area contributed by atoms with E-state index in [9.17, 15) is 13.3 Å². The second-order valence-electron chi connectivity index (χ2n) is 8.40. The minimum Gasteiger partial charge on any atom is -0.385 e. The van der Waals surface area contributed by atoms with Gasteiger partial charge in [-0.05, 0) is 37.6 Å². The molecule has 6 nitrogen and oxygen atoms in total. The molecule has 2 heterocycles. The van der Waals surface area contributed by atoms with Crippen LogP contribution in [0.1, 0.15) is 5.56 Å². The van der Waals surface area contributed by atoms with Gasteiger partial charge in [0.25, 0.3) is 0 Å². The second-order valence-corrected chi connectivity index (χ2v) is 12.4. The van der Waals surface area contributed by atoms with Gasteiger partial charge >= 0.3 is 0 Å². The van der Waals surface area contributed by atoms with Crippen molar-refractivity contribution in [2.24, 2.45) is 0 Å². The number of fused-ring (bicyclic) bond motifs is 1. The van der Waals surface area contributed by atoms with Crippen LogP contribution >= 0.6 is 18.7 Å². The van der Waals surface area contributed by atoms with E-state index in [0.29, 0.717) is 43.1 Å². The van der Waals surface area contributed by atoms with Gasteiger partial charge in [0, 0.05) is 49.2 Å². The zero-order chi connectivity index (χ0) is 23.6. The Morgan fingerprint density at radius 3 is 2.79 bits per heavy atom. The number of rotatable bonds is 7. The van der Waals surface area contributed by atoms with Gasteiger partial charge in [0.2, 0.25) is 0 Å². The average molecular weight is 492 g/mol. The van der Waals surface area contributed by atoms with Gasteiger partial charge in [-0.1, -0.05) is 23.7 Å². The molecule has 2 aromatic carbocycles. The lowest BCUT2D eigenvalue weighted by molar-refractivity contribution is 0.580. The largest absolute Gasteiger partial charge is 0.385 e. The van der Waals surface area contributed by atoms with E-state index in [1.54, 1.807) is 19.5 Å². The van der Waals surface area contributed by atoms with Gasteiger partial charge in [0.1, 0.15) is 11.6 Å². The summed E-state index contributed by atoms with van der Waals surface area (Å²) in [5, 5.41) is 6.27. The van der Waals surface area contributed by atoms with Crippen molar-refractivity contribution in [1.82, 2.24) is 9.97 Å². The van der Waals surface area contributed by atoms with Gasteiger partial charge < -0.3 is 20.1 Å². The first-order chi connectivity index (χ1) is 15.7. The van der Waals surface area contributed by atoms with Crippen LogP contribution in [-0.2, 0) is 11.1 Å². The van der Waals surface area contributed by atoms with Gasteiger partial charge in [-0.25, -0.2) is 18.7 Å². The van der Waals surface area contributed by atoms with Gasteiger partial charge in [-0.3, -0.25) is 0 Å². The molecule has 4 rings (SSSR count). The van der Waals surface area contributed by atoms with Crippen LogP contribution in [0.5, 0.6) is 0 Å². The summed E-state index contributed by atoms with van der Waals surface area (Å²) in [6, 6.07) is 9.83. The highest BCUT2D eigenvalue weighted by molar-refractivity contribution is 7.62. The van der Waals surface area contributed by atoms with Gasteiger partial charge in [0.15, 0.2) is 11.6 Å². The van der Waals surface area contributed by atoms with E-state index < -0.39 is 18.8 Å². The Morgan fingerprint density at radius 1 is 1.21 bits per heavy atom. The summed E-state index contributed by atoms with van der Waals surface area (Å²) in [6.07, 6.45) is 2.28. The van der Waals surface area contributed by atoms with Crippen molar-refractivity contribution in [3.63, 3.8) is 0 Å². The number of halogens is 3. The molecule has 2 N–H and O–H groups in total. The second kappa shape index (κ2) is 9.65. The maximum Gasteiger partial charge on any atom is 0.172 e. The monoisotopic (exact) mass is 491 g/mol. The predicted molar refractivity (Wildman–Crippen MR) is 131 cm³/mol. The molecule has 3 aromatic rings. The van der Waals surface area contributed by atoms with E-state index in [-0.39, 0.29) is 17.1 Å². The first-order valence-corrected chi connectivity index (χ1v) is 13.7. The summed E-state index contributed by atoms with van der Waals surface area (Å²) in [4.78, 5) is 11.1. The molecule has 0 aliphatic carbocycles. The predicted octanol–water partition coefficient (Wildman–Crippen LogP) is 5.54. The zero-order valence-electron chi connectivity index (χ0n) is 18.4. The Kier molecular flexibility index (Phi) is 6.86. The first-order valence-electron chi connectivity index (χ1n) is 10.6. The highest BCUT2D eigenvalue weighted by Crippen LogP contribution is 2.35. The Balaban J connectivity index is 1.60. The summed E-state index contributed by atoms with van der Waals surface area (Å²) in [5.74, 6) is -0.0910. The number of nitrogens with one attached hydrogen (secondary N) is 2. The smallest absolute Gasteiger partial charge is 0.172 e. The van der Waals surface area contributed by atoms with E-state index in [4.69, 9.17) is 16.6 Å². The molecule has 1 aromatic heterocycles. The lowest BCUT2D eigenvalue weighted by Gasteiger charge is -2.30. The minimum atomic E-state index is -2.09. The standard InChI is InChI=1S/C23H25ClF2N5OP/c1-33(2,32)11-9-27-16-5-3-4-15(12-16)20-13-29-22-23(30-20)31(10-8-28-22)14-17-18(25)6-7-19(26)21(17)24/h3-7,12-13,27H,8-11,14H2,1-2H3,(H,28,29). The van der Waals surface area contributed by atoms with Crippen molar-refractivity contribution in [3.8, 4) is 11.3 Å². The Hall–Kier alpha value is -2.70. The highest BCUT2D eigenvalue weighted by Gasteiger charge is 2.23. The van der Waals surface area contributed by atoms with Crippen molar-refractivity contribution in [3.05, 3.63) is 64.8 Å². The fourth-order valence-electron chi connectivity index (χ4n) is 3.60. The maximum atomic E-state index is 14.4. The van der Waals surface area contributed by atoms with Gasteiger partial charge in [0.05, 0.1) is 24.1 Å². The third-order valence-corrected chi connectivity index (χ3v) is 7.06. The highest BCUT2D eigenvalue weighted by atomic mass is 35.5. The molecule has 174 valence electrons. The topological polar surface area (TPSA) is 70.2 Å². The molecule has 0 fully saturated rings. The van der Waals surface area contributed by atoms with Crippen LogP contribution < -0.4 is 15.5 Å². The van der Waals surface area contributed by atoms with Gasteiger partial charge in [-0.15, -0.1) is 0 Å². The summed E-state index contributed by atoms with van der Waals surface area (Å²) < 4.78 is 40.2. The number of anilines is 3. The molecule has 0 bridgehead atoms. The van der Waals surface area contributed by atoms with Crippen LogP contribution in [0, 0.1) is 11.6 Å². The number of benzene rings is 2. The number of hydrogen-bond acceptors (Lipinski definition) is 6. The molecule has 10 heteroatoms. The zero-order valence-corrected chi connectivity index (χ0v) is 20.1. The van der Waals surface area contributed by atoms with Crippen LogP contribution in [0.2, 0.25) is 5.02 Å². The number of nitrogens with zero attached hydrogens (tertiary/aromatic N) is 3. The number of hydrogen-bond donors (Lipinski definition) is 2. The molecule has 0 atom stereocenters. The maximum absolute atomic E-state index is 14.4. The van der Waals surface area contributed by atoms with Crippen LogP contribution in [0.25, 0.3) is 11.3 Å². The van der Waals surface area contributed by atoms with Gasteiger partial charge in [-0.2, -0.15) is 0 Å². The molecule has 1 aliphatic heterocycles. The summed E-state index contributed by atoms with van der Waals surface area (Å²) >= 11 is 6.04. The van der Waals surface area contributed by atoms with Crippen molar-refractivity contribution in [1.29, 1.82) is 0 Å². The van der Waals surface area contributed by atoms with E-state index in [2.05, 4.69) is 15.6 Å². The molecule has 0 saturated heterocycles. The Morgan fingerprint density at radius 2 is 2.00 bits per heavy atom. The van der Waals surface area contributed by atoms with Crippen molar-refractivity contribution < 1.29 is 13.3 Å². The molecular weight excluding hydrogens is 467 g/mol. The van der Waals surface area contributed by atoms with Crippen LogP contribution in [0.15, 0.2) is 42.6 Å². The van der Waals surface area contributed by atoms with Crippen molar-refractivity contribution in [2.75, 3.05) is 54.7 Å². The summed E-state index contributed by atoms with van der Waals surface area (Å²) in [5.41, 5.74) is 2.48. The molecule has 0 saturated carbocycles. The summed E-state index contributed by atoms with van der Waals surface area (Å²) in [7, 11) is -2.09. The molecule has 0 amide bonds. The first kappa shape index (κ1) is 23.5. The lowest BCUT2D eigenvalue weighted by atomic mass is 10.1. The molecule has 0 unspecified atom stereocenters. The molecule has 33 heavy (non-hydrogen) atoms. The normalized spacial score (nSPS) is 13.4. The average Bonchev–Trinajstić information content (AvgIpc) is 2.78. The van der Waals surface area contributed by atoms with E-state index >= 15 is 0 Å². The van der Waals surface area contributed by atoms with Crippen molar-refractivity contribution >= 4 is 36.1 Å². The minimum absolute atomic E-state index is 0.0743. The van der Waals surface area contributed by atoms with E-state index in [0.717, 1.165) is 23.4 Å². The Labute approximate surface area is 196 Å². The Bertz CT molecular complexity index is 1220. The third kappa shape index (κ3) is 5.63. The van der Waals surface area contributed by atoms with Crippen LogP contribution in [-0.4, -0.2) is 49.1 Å². The fraction of sp³-hybridized carbons (Fsp3) is 0.304. The molecule has 1 aliphatic rings. The molecule has 0 spiro atoms. The van der Waals surface area contributed by atoms with Crippen LogP contribution in [0.4, 0.5) is 26.1 Å². The van der Waals surface area contributed by atoms with Crippen LogP contribution in [0.3, 0.4) is 0 Å². The molecule has 0 radical (unpaired) electrons. The summed E-state index contributed by atoms with van der Waals surface area (Å²) in [6.45, 7) is 5.36. The number of aromatic nitrogens is 2. The fourth-order valence-corrected chi connectivity index (χ4v) is 4.46. The quantitative estimate of drug-likeness (QED) is 0.334. The third-order valence-electron chi connectivity index (χ3n) is 5.35. The van der Waals surface area contributed by atoms with Crippen molar-refractivity contribution in [2.45, 2.75) is 6.54 Å². The lowest BCUT2D eigenvalue weighted by Crippen LogP contribution is -2.35.